The highest BCUT2D eigenvalue weighted by Crippen LogP contribution is 2.39. The predicted molar refractivity (Wildman–Crippen MR) is 88.2 cm³/mol. The molecule has 1 aliphatic carbocycles. The van der Waals surface area contributed by atoms with Crippen molar-refractivity contribution in [1.29, 1.82) is 0 Å². The Hall–Kier alpha value is -1.32. The molecule has 20 heavy (non-hydrogen) atoms. The van der Waals surface area contributed by atoms with Crippen LogP contribution in [0.1, 0.15) is 30.9 Å². The summed E-state index contributed by atoms with van der Waals surface area (Å²) in [5.74, 6) is 0. The normalized spacial score (nSPS) is 21.6. The van der Waals surface area contributed by atoms with E-state index < -0.39 is 0 Å². The predicted octanol–water partition coefficient (Wildman–Crippen LogP) is 4.07. The molecule has 2 N–H and O–H groups in total. The van der Waals surface area contributed by atoms with Crippen molar-refractivity contribution in [1.82, 2.24) is 0 Å². The number of hydrogen-bond donors (Lipinski definition) is 1. The first-order valence-corrected chi connectivity index (χ1v) is 8.13. The third kappa shape index (κ3) is 2.25. The van der Waals surface area contributed by atoms with Crippen LogP contribution in [-0.4, -0.2) is 13.6 Å². The van der Waals surface area contributed by atoms with Crippen LogP contribution in [0, 0.1) is 0 Å². The van der Waals surface area contributed by atoms with E-state index in [1.807, 2.05) is 0 Å². The molecular formula is C17H22N2S. The minimum Gasteiger partial charge on any atom is -0.336 e. The van der Waals surface area contributed by atoms with Crippen LogP contribution >= 0.6 is 11.3 Å². The van der Waals surface area contributed by atoms with Gasteiger partial charge in [0.1, 0.15) is 0 Å². The van der Waals surface area contributed by atoms with Crippen LogP contribution in [0.15, 0.2) is 35.7 Å². The van der Waals surface area contributed by atoms with Gasteiger partial charge in [-0.05, 0) is 60.0 Å². The monoisotopic (exact) mass is 286 g/mol. The molecule has 1 atom stereocenters. The van der Waals surface area contributed by atoms with Crippen molar-refractivity contribution in [3.8, 4) is 0 Å². The van der Waals surface area contributed by atoms with Gasteiger partial charge in [-0.15, -0.1) is 11.3 Å². The Bertz CT molecular complexity index is 591. The van der Waals surface area contributed by atoms with Gasteiger partial charge < -0.3 is 10.6 Å². The topological polar surface area (TPSA) is 29.3 Å². The first-order chi connectivity index (χ1) is 9.64. The van der Waals surface area contributed by atoms with Gasteiger partial charge in [-0.2, -0.15) is 0 Å². The van der Waals surface area contributed by atoms with E-state index in [0.29, 0.717) is 0 Å². The molecule has 0 fully saturated rings. The molecule has 3 rings (SSSR count). The van der Waals surface area contributed by atoms with Crippen molar-refractivity contribution in [3.05, 3.63) is 46.8 Å². The van der Waals surface area contributed by atoms with E-state index in [-0.39, 0.29) is 5.41 Å². The van der Waals surface area contributed by atoms with Crippen LogP contribution in [0.2, 0.25) is 0 Å². The number of aryl methyl sites for hydroxylation is 1. The van der Waals surface area contributed by atoms with E-state index in [9.17, 15) is 0 Å². The standard InChI is InChI=1S/C17H22N2S/c1-17(12-18)9-3-5-13-11-14(7-8-15(13)17)19(2)16-6-4-10-20-16/h4,6-8,10-11H,3,5,9,12,18H2,1-2H3/t17-/m1/s1. The smallest absolute Gasteiger partial charge is 0.0950 e. The van der Waals surface area contributed by atoms with Crippen molar-refractivity contribution in [2.75, 3.05) is 18.5 Å². The van der Waals surface area contributed by atoms with Crippen LogP contribution in [0.5, 0.6) is 0 Å². The molecule has 1 aromatic carbocycles. The van der Waals surface area contributed by atoms with E-state index in [1.165, 1.54) is 41.1 Å². The van der Waals surface area contributed by atoms with Crippen LogP contribution in [0.3, 0.4) is 0 Å². The molecule has 0 saturated heterocycles. The third-order valence-corrected chi connectivity index (χ3v) is 5.53. The quantitative estimate of drug-likeness (QED) is 0.921. The van der Waals surface area contributed by atoms with Crippen LogP contribution in [-0.2, 0) is 11.8 Å². The Balaban J connectivity index is 1.97. The number of hydrogen-bond acceptors (Lipinski definition) is 3. The molecule has 106 valence electrons. The molecule has 0 aliphatic heterocycles. The summed E-state index contributed by atoms with van der Waals surface area (Å²) in [7, 11) is 2.14. The van der Waals surface area contributed by atoms with Gasteiger partial charge in [0, 0.05) is 24.7 Å². The summed E-state index contributed by atoms with van der Waals surface area (Å²) in [6.45, 7) is 3.04. The fraction of sp³-hybridized carbons (Fsp3) is 0.412. The molecule has 1 aromatic heterocycles. The lowest BCUT2D eigenvalue weighted by atomic mass is 9.71. The summed E-state index contributed by atoms with van der Waals surface area (Å²) >= 11 is 1.77. The highest BCUT2D eigenvalue weighted by Gasteiger charge is 2.30. The van der Waals surface area contributed by atoms with E-state index in [2.05, 4.69) is 54.6 Å². The number of rotatable bonds is 3. The molecule has 1 aliphatic rings. The van der Waals surface area contributed by atoms with Gasteiger partial charge in [0.2, 0.25) is 0 Å². The largest absolute Gasteiger partial charge is 0.336 e. The number of nitrogens with two attached hydrogens (primary N) is 1. The second kappa shape index (κ2) is 5.23. The maximum atomic E-state index is 6.02. The van der Waals surface area contributed by atoms with Crippen molar-refractivity contribution in [2.45, 2.75) is 31.6 Å². The lowest BCUT2D eigenvalue weighted by Crippen LogP contribution is -2.35. The molecule has 0 spiro atoms. The summed E-state index contributed by atoms with van der Waals surface area (Å²) < 4.78 is 0. The van der Waals surface area contributed by atoms with E-state index in [4.69, 9.17) is 5.73 Å². The Morgan fingerprint density at radius 2 is 2.20 bits per heavy atom. The van der Waals surface area contributed by atoms with E-state index in [1.54, 1.807) is 11.3 Å². The van der Waals surface area contributed by atoms with Gasteiger partial charge in [-0.3, -0.25) is 0 Å². The minimum atomic E-state index is 0.160. The molecule has 3 heteroatoms. The molecule has 0 radical (unpaired) electrons. The fourth-order valence-electron chi connectivity index (χ4n) is 3.19. The maximum Gasteiger partial charge on any atom is 0.0950 e. The maximum absolute atomic E-state index is 6.02. The second-order valence-corrected chi connectivity index (χ2v) is 6.90. The summed E-state index contributed by atoms with van der Waals surface area (Å²) in [6.07, 6.45) is 3.63. The zero-order chi connectivity index (χ0) is 14.2. The van der Waals surface area contributed by atoms with Crippen LogP contribution in [0.25, 0.3) is 0 Å². The average molecular weight is 286 g/mol. The molecule has 0 unspecified atom stereocenters. The van der Waals surface area contributed by atoms with Gasteiger partial charge in [0.05, 0.1) is 5.00 Å². The van der Waals surface area contributed by atoms with Crippen molar-refractivity contribution < 1.29 is 0 Å². The lowest BCUT2D eigenvalue weighted by Gasteiger charge is -2.35. The number of thiophene rings is 1. The Kier molecular flexibility index (Phi) is 3.57. The summed E-state index contributed by atoms with van der Waals surface area (Å²) in [5.41, 5.74) is 10.4. The third-order valence-electron chi connectivity index (χ3n) is 4.59. The van der Waals surface area contributed by atoms with Gasteiger partial charge in [0.15, 0.2) is 0 Å². The molecule has 2 aromatic rings. The van der Waals surface area contributed by atoms with Gasteiger partial charge in [-0.25, -0.2) is 0 Å². The summed E-state index contributed by atoms with van der Waals surface area (Å²) in [5, 5.41) is 3.40. The van der Waals surface area contributed by atoms with Crippen LogP contribution < -0.4 is 10.6 Å². The molecule has 2 nitrogen and oxygen atoms in total. The SMILES string of the molecule is CN(c1ccc2c(c1)CCC[C@]2(C)CN)c1cccs1. The van der Waals surface area contributed by atoms with Crippen molar-refractivity contribution in [2.24, 2.45) is 5.73 Å². The zero-order valence-electron chi connectivity index (χ0n) is 12.2. The Morgan fingerprint density at radius 3 is 2.90 bits per heavy atom. The number of benzene rings is 1. The molecule has 0 bridgehead atoms. The number of anilines is 2. The molecule has 0 amide bonds. The first-order valence-electron chi connectivity index (χ1n) is 7.25. The van der Waals surface area contributed by atoms with E-state index >= 15 is 0 Å². The summed E-state index contributed by atoms with van der Waals surface area (Å²) in [6, 6.07) is 11.1. The Labute approximate surface area is 125 Å². The van der Waals surface area contributed by atoms with Crippen LogP contribution in [0.4, 0.5) is 10.7 Å². The first kappa shape index (κ1) is 13.7. The molecule has 0 saturated carbocycles. The fourth-order valence-corrected chi connectivity index (χ4v) is 3.91. The van der Waals surface area contributed by atoms with Gasteiger partial charge in [0.25, 0.3) is 0 Å². The summed E-state index contributed by atoms with van der Waals surface area (Å²) in [4.78, 5) is 2.26. The lowest BCUT2D eigenvalue weighted by molar-refractivity contribution is 0.404. The highest BCUT2D eigenvalue weighted by molar-refractivity contribution is 7.14. The van der Waals surface area contributed by atoms with Gasteiger partial charge >= 0.3 is 0 Å². The minimum absolute atomic E-state index is 0.160. The average Bonchev–Trinajstić information content (AvgIpc) is 3.00. The second-order valence-electron chi connectivity index (χ2n) is 5.97. The molecule has 1 heterocycles. The van der Waals surface area contributed by atoms with Gasteiger partial charge in [-0.1, -0.05) is 13.0 Å². The number of fused-ring (bicyclic) bond motifs is 1. The molecular weight excluding hydrogens is 264 g/mol. The Morgan fingerprint density at radius 1 is 1.35 bits per heavy atom. The zero-order valence-corrected chi connectivity index (χ0v) is 13.0. The van der Waals surface area contributed by atoms with Crippen molar-refractivity contribution >= 4 is 22.0 Å². The highest BCUT2D eigenvalue weighted by atomic mass is 32.1. The number of nitrogens with zero attached hydrogens (tertiary/aromatic N) is 1. The van der Waals surface area contributed by atoms with Crippen molar-refractivity contribution in [3.63, 3.8) is 0 Å². The van der Waals surface area contributed by atoms with E-state index in [0.717, 1.165) is 6.54 Å².